The Morgan fingerprint density at radius 2 is 2.04 bits per heavy atom. The molecule has 1 aromatic rings. The largest absolute Gasteiger partial charge is 0.472 e. The molecule has 1 aromatic heterocycles. The Balaban J connectivity index is 1.48. The zero-order valence-corrected chi connectivity index (χ0v) is 14.2. The first-order valence-electron chi connectivity index (χ1n) is 8.75. The molecule has 1 N–H and O–H groups in total. The van der Waals surface area contributed by atoms with E-state index in [1.165, 1.54) is 13.0 Å². The molecule has 2 fully saturated rings. The third kappa shape index (κ3) is 4.78. The normalized spacial score (nSPS) is 23.3. The van der Waals surface area contributed by atoms with E-state index in [0.717, 1.165) is 50.9 Å². The van der Waals surface area contributed by atoms with E-state index in [2.05, 4.69) is 20.2 Å². The summed E-state index contributed by atoms with van der Waals surface area (Å²) in [6, 6.07) is 0.442. The summed E-state index contributed by atoms with van der Waals surface area (Å²) in [5, 5.41) is 3.52. The molecule has 0 spiro atoms. The second kappa shape index (κ2) is 7.93. The van der Waals surface area contributed by atoms with Crippen LogP contribution in [0.15, 0.2) is 12.4 Å². The van der Waals surface area contributed by atoms with E-state index in [9.17, 15) is 0 Å². The minimum absolute atomic E-state index is 0.0997. The number of hydrogen-bond acceptors (Lipinski definition) is 6. The highest BCUT2D eigenvalue weighted by atomic mass is 16.5. The third-order valence-corrected chi connectivity index (χ3v) is 4.48. The molecular weight excluding hydrogens is 292 g/mol. The van der Waals surface area contributed by atoms with Crippen molar-refractivity contribution in [1.29, 1.82) is 0 Å². The summed E-state index contributed by atoms with van der Waals surface area (Å²) in [5.41, 5.74) is 0. The van der Waals surface area contributed by atoms with Crippen molar-refractivity contribution in [2.45, 2.75) is 45.3 Å². The number of aromatic nitrogens is 2. The zero-order chi connectivity index (χ0) is 16.1. The predicted octanol–water partition coefficient (Wildman–Crippen LogP) is 2.18. The molecular formula is C17H28N4O2. The Morgan fingerprint density at radius 3 is 2.74 bits per heavy atom. The van der Waals surface area contributed by atoms with Crippen molar-refractivity contribution in [2.75, 3.05) is 38.2 Å². The van der Waals surface area contributed by atoms with Gasteiger partial charge < -0.3 is 19.7 Å². The Hall–Kier alpha value is -1.40. The molecule has 2 aliphatic rings. The van der Waals surface area contributed by atoms with Crippen LogP contribution in [0.25, 0.3) is 0 Å². The van der Waals surface area contributed by atoms with Crippen LogP contribution < -0.4 is 10.1 Å². The fraction of sp³-hybridized carbons (Fsp3) is 0.765. The summed E-state index contributed by atoms with van der Waals surface area (Å²) in [6.45, 7) is 9.33. The van der Waals surface area contributed by atoms with E-state index in [1.54, 1.807) is 12.4 Å². The van der Waals surface area contributed by atoms with E-state index >= 15 is 0 Å². The Morgan fingerprint density at radius 1 is 1.26 bits per heavy atom. The molecule has 6 heteroatoms. The SMILES string of the molecule is CC(C)Oc1nccnc1NC1CCN(CC2CCOC2)CC1. The summed E-state index contributed by atoms with van der Waals surface area (Å²) >= 11 is 0. The number of nitrogens with zero attached hydrogens (tertiary/aromatic N) is 3. The highest BCUT2D eigenvalue weighted by Crippen LogP contribution is 2.23. The number of ether oxygens (including phenoxy) is 2. The van der Waals surface area contributed by atoms with Crippen molar-refractivity contribution in [2.24, 2.45) is 5.92 Å². The molecule has 0 bridgehead atoms. The monoisotopic (exact) mass is 320 g/mol. The quantitative estimate of drug-likeness (QED) is 0.867. The van der Waals surface area contributed by atoms with Crippen LogP contribution in [0.2, 0.25) is 0 Å². The van der Waals surface area contributed by atoms with Gasteiger partial charge in [0.1, 0.15) is 0 Å². The number of anilines is 1. The van der Waals surface area contributed by atoms with Crippen molar-refractivity contribution in [3.8, 4) is 5.88 Å². The molecule has 0 aromatic carbocycles. The van der Waals surface area contributed by atoms with Crippen LogP contribution in [0.1, 0.15) is 33.1 Å². The van der Waals surface area contributed by atoms with Gasteiger partial charge in [-0.15, -0.1) is 0 Å². The van der Waals surface area contributed by atoms with Gasteiger partial charge in [-0.1, -0.05) is 0 Å². The summed E-state index contributed by atoms with van der Waals surface area (Å²) in [6.07, 6.45) is 6.96. The zero-order valence-electron chi connectivity index (χ0n) is 14.2. The third-order valence-electron chi connectivity index (χ3n) is 4.48. The van der Waals surface area contributed by atoms with E-state index in [-0.39, 0.29) is 6.10 Å². The first-order chi connectivity index (χ1) is 11.2. The van der Waals surface area contributed by atoms with E-state index in [1.807, 2.05) is 13.8 Å². The molecule has 0 aliphatic carbocycles. The lowest BCUT2D eigenvalue weighted by molar-refractivity contribution is 0.154. The molecule has 128 valence electrons. The first kappa shape index (κ1) is 16.5. The average molecular weight is 320 g/mol. The number of piperidine rings is 1. The second-order valence-electron chi connectivity index (χ2n) is 6.83. The van der Waals surface area contributed by atoms with E-state index in [4.69, 9.17) is 9.47 Å². The lowest BCUT2D eigenvalue weighted by atomic mass is 10.0. The molecule has 1 unspecified atom stereocenters. The lowest BCUT2D eigenvalue weighted by Crippen LogP contribution is -2.41. The van der Waals surface area contributed by atoms with Gasteiger partial charge in [0, 0.05) is 44.7 Å². The molecule has 2 aliphatic heterocycles. The molecule has 3 rings (SSSR count). The van der Waals surface area contributed by atoms with Crippen molar-refractivity contribution >= 4 is 5.82 Å². The van der Waals surface area contributed by atoms with Crippen LogP contribution in [0.5, 0.6) is 5.88 Å². The number of nitrogens with one attached hydrogen (secondary N) is 1. The van der Waals surface area contributed by atoms with Gasteiger partial charge in [-0.2, -0.15) is 0 Å². The maximum Gasteiger partial charge on any atom is 0.257 e. The molecule has 6 nitrogen and oxygen atoms in total. The molecule has 1 atom stereocenters. The molecule has 23 heavy (non-hydrogen) atoms. The van der Waals surface area contributed by atoms with Gasteiger partial charge >= 0.3 is 0 Å². The summed E-state index contributed by atoms with van der Waals surface area (Å²) < 4.78 is 11.2. The average Bonchev–Trinajstić information content (AvgIpc) is 3.04. The molecule has 0 radical (unpaired) electrons. The van der Waals surface area contributed by atoms with Crippen LogP contribution in [0.4, 0.5) is 5.82 Å². The summed E-state index contributed by atoms with van der Waals surface area (Å²) in [7, 11) is 0. The Kier molecular flexibility index (Phi) is 5.67. The predicted molar refractivity (Wildman–Crippen MR) is 89.8 cm³/mol. The van der Waals surface area contributed by atoms with Crippen LogP contribution >= 0.6 is 0 Å². The van der Waals surface area contributed by atoms with Gasteiger partial charge in [0.15, 0.2) is 5.82 Å². The van der Waals surface area contributed by atoms with Gasteiger partial charge in [-0.05, 0) is 39.0 Å². The van der Waals surface area contributed by atoms with Gasteiger partial charge in [0.25, 0.3) is 5.88 Å². The smallest absolute Gasteiger partial charge is 0.257 e. The number of likely N-dealkylation sites (tertiary alicyclic amines) is 1. The molecule has 2 saturated heterocycles. The van der Waals surface area contributed by atoms with Gasteiger partial charge in [-0.25, -0.2) is 9.97 Å². The minimum atomic E-state index is 0.0997. The van der Waals surface area contributed by atoms with Gasteiger partial charge in [-0.3, -0.25) is 0 Å². The van der Waals surface area contributed by atoms with Crippen molar-refractivity contribution in [3.05, 3.63) is 12.4 Å². The topological polar surface area (TPSA) is 59.5 Å². The van der Waals surface area contributed by atoms with E-state index in [0.29, 0.717) is 11.9 Å². The van der Waals surface area contributed by atoms with Crippen molar-refractivity contribution in [1.82, 2.24) is 14.9 Å². The van der Waals surface area contributed by atoms with Gasteiger partial charge in [0.2, 0.25) is 0 Å². The number of rotatable bonds is 6. The highest BCUT2D eigenvalue weighted by Gasteiger charge is 2.24. The first-order valence-corrected chi connectivity index (χ1v) is 8.75. The summed E-state index contributed by atoms with van der Waals surface area (Å²) in [4.78, 5) is 11.3. The second-order valence-corrected chi connectivity index (χ2v) is 6.83. The highest BCUT2D eigenvalue weighted by molar-refractivity contribution is 5.45. The number of hydrogen-bond donors (Lipinski definition) is 1. The fourth-order valence-corrected chi connectivity index (χ4v) is 3.28. The molecule has 0 amide bonds. The maximum atomic E-state index is 5.74. The molecule has 0 saturated carbocycles. The van der Waals surface area contributed by atoms with Crippen molar-refractivity contribution in [3.63, 3.8) is 0 Å². The Labute approximate surface area is 138 Å². The van der Waals surface area contributed by atoms with Crippen LogP contribution in [0, 0.1) is 5.92 Å². The summed E-state index contributed by atoms with van der Waals surface area (Å²) in [5.74, 6) is 2.10. The Bertz CT molecular complexity index is 483. The van der Waals surface area contributed by atoms with Gasteiger partial charge in [0.05, 0.1) is 12.7 Å². The minimum Gasteiger partial charge on any atom is -0.472 e. The standard InChI is InChI=1S/C17H28N4O2/c1-13(2)23-17-16(18-6-7-19-17)20-15-3-8-21(9-4-15)11-14-5-10-22-12-14/h6-7,13-15H,3-5,8-12H2,1-2H3,(H,18,20). The van der Waals surface area contributed by atoms with Crippen LogP contribution in [-0.2, 0) is 4.74 Å². The molecule has 3 heterocycles. The van der Waals surface area contributed by atoms with Crippen molar-refractivity contribution < 1.29 is 9.47 Å². The lowest BCUT2D eigenvalue weighted by Gasteiger charge is -2.33. The fourth-order valence-electron chi connectivity index (χ4n) is 3.28. The van der Waals surface area contributed by atoms with Crippen LogP contribution in [0.3, 0.4) is 0 Å². The maximum absolute atomic E-state index is 5.74. The van der Waals surface area contributed by atoms with E-state index < -0.39 is 0 Å². The van der Waals surface area contributed by atoms with Crippen LogP contribution in [-0.4, -0.2) is 59.9 Å².